The highest BCUT2D eigenvalue weighted by atomic mass is 79.9. The van der Waals surface area contributed by atoms with Gasteiger partial charge in [0.1, 0.15) is 5.76 Å². The van der Waals surface area contributed by atoms with Gasteiger partial charge in [0.05, 0.1) is 13.2 Å². The lowest BCUT2D eigenvalue weighted by Gasteiger charge is -2.21. The smallest absolute Gasteiger partial charge is 0.169 e. The van der Waals surface area contributed by atoms with Crippen LogP contribution in [0.4, 0.5) is 0 Å². The van der Waals surface area contributed by atoms with Crippen LogP contribution in [0, 0.1) is 5.92 Å². The summed E-state index contributed by atoms with van der Waals surface area (Å²) in [5.74, 6) is 1.63. The fourth-order valence-corrected chi connectivity index (χ4v) is 2.53. The maximum absolute atomic E-state index is 5.46. The van der Waals surface area contributed by atoms with Crippen LogP contribution in [-0.2, 0) is 11.3 Å². The molecule has 0 aromatic carbocycles. The van der Waals surface area contributed by atoms with Gasteiger partial charge in [-0.15, -0.1) is 0 Å². The van der Waals surface area contributed by atoms with Gasteiger partial charge in [-0.3, -0.25) is 0 Å². The lowest BCUT2D eigenvalue weighted by molar-refractivity contribution is 0.175. The van der Waals surface area contributed by atoms with Crippen LogP contribution in [0.5, 0.6) is 0 Å². The molecule has 1 aliphatic heterocycles. The summed E-state index contributed by atoms with van der Waals surface area (Å²) in [5, 5.41) is 3.55. The lowest BCUT2D eigenvalue weighted by atomic mass is 9.97. The monoisotopic (exact) mass is 287 g/mol. The molecule has 0 aliphatic carbocycles. The number of rotatable bonds is 5. The molecule has 0 saturated carbocycles. The molecule has 1 N–H and O–H groups in total. The highest BCUT2D eigenvalue weighted by molar-refractivity contribution is 9.10. The van der Waals surface area contributed by atoms with E-state index in [1.54, 1.807) is 0 Å². The van der Waals surface area contributed by atoms with Crippen molar-refractivity contribution < 1.29 is 9.15 Å². The Hall–Kier alpha value is -0.320. The van der Waals surface area contributed by atoms with Crippen molar-refractivity contribution in [2.75, 3.05) is 13.2 Å². The molecule has 0 spiro atoms. The van der Waals surface area contributed by atoms with Crippen molar-refractivity contribution >= 4 is 15.9 Å². The van der Waals surface area contributed by atoms with Crippen molar-refractivity contribution in [2.24, 2.45) is 5.92 Å². The Morgan fingerprint density at radius 3 is 3.00 bits per heavy atom. The van der Waals surface area contributed by atoms with Crippen molar-refractivity contribution in [3.8, 4) is 0 Å². The summed E-state index contributed by atoms with van der Waals surface area (Å²) in [6, 6.07) is 4.46. The zero-order valence-corrected chi connectivity index (χ0v) is 11.1. The van der Waals surface area contributed by atoms with Gasteiger partial charge in [-0.1, -0.05) is 6.92 Å². The number of hydrogen-bond acceptors (Lipinski definition) is 3. The first-order chi connectivity index (χ1) is 7.79. The fourth-order valence-electron chi connectivity index (χ4n) is 2.19. The predicted molar refractivity (Wildman–Crippen MR) is 66.3 cm³/mol. The molecule has 0 radical (unpaired) electrons. The van der Waals surface area contributed by atoms with Gasteiger partial charge in [0, 0.05) is 12.6 Å². The van der Waals surface area contributed by atoms with Crippen molar-refractivity contribution in [3.63, 3.8) is 0 Å². The van der Waals surface area contributed by atoms with E-state index in [1.807, 2.05) is 12.1 Å². The minimum absolute atomic E-state index is 0.534. The largest absolute Gasteiger partial charge is 0.453 e. The SMILES string of the molecule is CCC(NCc1ccc(Br)o1)C1CCOC1. The number of hydrogen-bond donors (Lipinski definition) is 1. The molecular weight excluding hydrogens is 270 g/mol. The zero-order valence-electron chi connectivity index (χ0n) is 9.54. The molecule has 2 heterocycles. The van der Waals surface area contributed by atoms with Gasteiger partial charge < -0.3 is 14.5 Å². The number of furan rings is 1. The summed E-state index contributed by atoms with van der Waals surface area (Å²) in [4.78, 5) is 0. The quantitative estimate of drug-likeness (QED) is 0.904. The van der Waals surface area contributed by atoms with Crippen LogP contribution in [0.1, 0.15) is 25.5 Å². The Labute approximate surface area is 105 Å². The van der Waals surface area contributed by atoms with Crippen molar-refractivity contribution in [2.45, 2.75) is 32.4 Å². The number of ether oxygens (including phenoxy) is 1. The number of halogens is 1. The average Bonchev–Trinajstić information content (AvgIpc) is 2.91. The Bertz CT molecular complexity index is 321. The molecule has 3 nitrogen and oxygen atoms in total. The van der Waals surface area contributed by atoms with E-state index in [-0.39, 0.29) is 0 Å². The summed E-state index contributed by atoms with van der Waals surface area (Å²) in [6.07, 6.45) is 2.31. The van der Waals surface area contributed by atoms with Crippen LogP contribution in [0.3, 0.4) is 0 Å². The van der Waals surface area contributed by atoms with Gasteiger partial charge in [-0.25, -0.2) is 0 Å². The maximum Gasteiger partial charge on any atom is 0.169 e. The third-order valence-electron chi connectivity index (χ3n) is 3.14. The molecule has 0 bridgehead atoms. The van der Waals surface area contributed by atoms with Crippen LogP contribution in [0.2, 0.25) is 0 Å². The van der Waals surface area contributed by atoms with Crippen molar-refractivity contribution in [1.29, 1.82) is 0 Å². The van der Waals surface area contributed by atoms with Crippen molar-refractivity contribution in [3.05, 3.63) is 22.6 Å². The Morgan fingerprint density at radius 2 is 2.44 bits per heavy atom. The summed E-state index contributed by atoms with van der Waals surface area (Å²) < 4.78 is 11.7. The minimum atomic E-state index is 0.534. The molecular formula is C12H18BrNO2. The molecule has 1 aromatic rings. The second-order valence-corrected chi connectivity index (χ2v) is 5.01. The highest BCUT2D eigenvalue weighted by Gasteiger charge is 2.24. The van der Waals surface area contributed by atoms with Gasteiger partial charge in [0.2, 0.25) is 0 Å². The van der Waals surface area contributed by atoms with Crippen LogP contribution in [0.25, 0.3) is 0 Å². The first-order valence-electron chi connectivity index (χ1n) is 5.85. The van der Waals surface area contributed by atoms with Gasteiger partial charge >= 0.3 is 0 Å². The van der Waals surface area contributed by atoms with E-state index in [0.717, 1.165) is 36.6 Å². The van der Waals surface area contributed by atoms with Gasteiger partial charge in [0.25, 0.3) is 0 Å². The molecule has 16 heavy (non-hydrogen) atoms. The van der Waals surface area contributed by atoms with Crippen LogP contribution in [0.15, 0.2) is 21.2 Å². The third kappa shape index (κ3) is 3.09. The van der Waals surface area contributed by atoms with Gasteiger partial charge in [0.15, 0.2) is 4.67 Å². The first kappa shape index (κ1) is 12.1. The van der Waals surface area contributed by atoms with E-state index in [2.05, 4.69) is 28.2 Å². The Kier molecular flexibility index (Phi) is 4.44. The fraction of sp³-hybridized carbons (Fsp3) is 0.667. The van der Waals surface area contributed by atoms with Gasteiger partial charge in [-0.2, -0.15) is 0 Å². The van der Waals surface area contributed by atoms with E-state index in [0.29, 0.717) is 12.0 Å². The highest BCUT2D eigenvalue weighted by Crippen LogP contribution is 2.20. The second kappa shape index (κ2) is 5.84. The van der Waals surface area contributed by atoms with Crippen LogP contribution >= 0.6 is 15.9 Å². The summed E-state index contributed by atoms with van der Waals surface area (Å²) in [7, 11) is 0. The van der Waals surface area contributed by atoms with E-state index >= 15 is 0 Å². The molecule has 2 rings (SSSR count). The molecule has 0 amide bonds. The van der Waals surface area contributed by atoms with Crippen LogP contribution < -0.4 is 5.32 Å². The molecule has 4 heteroatoms. The Morgan fingerprint density at radius 1 is 1.56 bits per heavy atom. The van der Waals surface area contributed by atoms with E-state index in [4.69, 9.17) is 9.15 Å². The lowest BCUT2D eigenvalue weighted by Crippen LogP contribution is -2.35. The molecule has 1 saturated heterocycles. The maximum atomic E-state index is 5.46. The first-order valence-corrected chi connectivity index (χ1v) is 6.64. The van der Waals surface area contributed by atoms with Crippen LogP contribution in [-0.4, -0.2) is 19.3 Å². The van der Waals surface area contributed by atoms with Gasteiger partial charge in [-0.05, 0) is 46.8 Å². The van der Waals surface area contributed by atoms with E-state index < -0.39 is 0 Å². The van der Waals surface area contributed by atoms with E-state index in [9.17, 15) is 0 Å². The number of nitrogens with one attached hydrogen (secondary N) is 1. The molecule has 1 fully saturated rings. The summed E-state index contributed by atoms with van der Waals surface area (Å²) >= 11 is 3.31. The van der Waals surface area contributed by atoms with Crippen molar-refractivity contribution in [1.82, 2.24) is 5.32 Å². The molecule has 1 aliphatic rings. The molecule has 2 atom stereocenters. The molecule has 2 unspecified atom stereocenters. The predicted octanol–water partition coefficient (Wildman–Crippen LogP) is 2.95. The second-order valence-electron chi connectivity index (χ2n) is 4.23. The minimum Gasteiger partial charge on any atom is -0.453 e. The summed E-state index contributed by atoms with van der Waals surface area (Å²) in [6.45, 7) is 4.82. The molecule has 1 aromatic heterocycles. The normalized spacial score (nSPS) is 22.5. The zero-order chi connectivity index (χ0) is 11.4. The third-order valence-corrected chi connectivity index (χ3v) is 3.57. The topological polar surface area (TPSA) is 34.4 Å². The molecule has 90 valence electrons. The Balaban J connectivity index is 1.82. The van der Waals surface area contributed by atoms with E-state index in [1.165, 1.54) is 6.42 Å². The average molecular weight is 288 g/mol. The standard InChI is InChI=1S/C12H18BrNO2/c1-2-11(9-5-6-15-8-9)14-7-10-3-4-12(13)16-10/h3-4,9,11,14H,2,5-8H2,1H3. The summed E-state index contributed by atoms with van der Waals surface area (Å²) in [5.41, 5.74) is 0.